The van der Waals surface area contributed by atoms with Gasteiger partial charge in [0.2, 0.25) is 5.91 Å². The third kappa shape index (κ3) is 12.2. The molecule has 1 saturated heterocycles. The number of allylic oxidation sites excluding steroid dienone is 2. The third-order valence-corrected chi connectivity index (χ3v) is 7.21. The van der Waals surface area contributed by atoms with Crippen LogP contribution in [0.5, 0.6) is 0 Å². The van der Waals surface area contributed by atoms with Gasteiger partial charge in [0.1, 0.15) is 5.69 Å². The first-order valence-electron chi connectivity index (χ1n) is 14.8. The normalized spacial score (nSPS) is 14.7. The number of unbranched alkanes of at least 4 members (excludes halogenated alkanes) is 11. The molecule has 2 amide bonds. The zero-order valence-electron chi connectivity index (χ0n) is 23.4. The zero-order valence-corrected chi connectivity index (χ0v) is 23.4. The molecule has 1 aromatic heterocycles. The van der Waals surface area contributed by atoms with E-state index in [9.17, 15) is 9.59 Å². The van der Waals surface area contributed by atoms with Gasteiger partial charge in [-0.1, -0.05) is 70.4 Å². The van der Waals surface area contributed by atoms with E-state index in [1.807, 2.05) is 24.9 Å². The standard InChI is InChI=1S/C30H52N4O2/c1-4-5-6-7-8-9-10-11-12-13-14-15-16-17-18-19-29(35)33-23-20-27(21-24-33)31-30(36)28-22-25-34(32-28)26(2)3/h11-12,22,25-27H,4-10,13-21,23-24H2,1-3H3,(H,31,36)/b12-11-. The minimum Gasteiger partial charge on any atom is -0.348 e. The number of rotatable bonds is 18. The molecule has 2 rings (SSSR count). The quantitative estimate of drug-likeness (QED) is 0.171. The van der Waals surface area contributed by atoms with Crippen molar-refractivity contribution >= 4 is 11.8 Å². The molecule has 2 heterocycles. The van der Waals surface area contributed by atoms with Crippen molar-refractivity contribution in [3.05, 3.63) is 30.1 Å². The molecule has 0 saturated carbocycles. The first-order chi connectivity index (χ1) is 17.5. The van der Waals surface area contributed by atoms with Crippen LogP contribution in [-0.4, -0.2) is 45.6 Å². The molecule has 0 aliphatic carbocycles. The summed E-state index contributed by atoms with van der Waals surface area (Å²) in [6, 6.07) is 2.12. The van der Waals surface area contributed by atoms with Crippen LogP contribution in [0.15, 0.2) is 24.4 Å². The van der Waals surface area contributed by atoms with Crippen LogP contribution in [0, 0.1) is 0 Å². The Bertz CT molecular complexity index is 763. The number of hydrogen-bond donors (Lipinski definition) is 1. The highest BCUT2D eigenvalue weighted by Crippen LogP contribution is 2.15. The number of amides is 2. The second kappa shape index (κ2) is 18.2. The number of carbonyl (C=O) groups is 2. The largest absolute Gasteiger partial charge is 0.348 e. The minimum atomic E-state index is -0.118. The minimum absolute atomic E-state index is 0.116. The van der Waals surface area contributed by atoms with Gasteiger partial charge in [-0.3, -0.25) is 14.3 Å². The molecule has 1 N–H and O–H groups in total. The monoisotopic (exact) mass is 500 g/mol. The molecule has 0 atom stereocenters. The van der Waals surface area contributed by atoms with E-state index in [-0.39, 0.29) is 23.9 Å². The lowest BCUT2D eigenvalue weighted by Gasteiger charge is -2.32. The lowest BCUT2D eigenvalue weighted by molar-refractivity contribution is -0.132. The fraction of sp³-hybridized carbons (Fsp3) is 0.767. The average Bonchev–Trinajstić information content (AvgIpc) is 3.38. The van der Waals surface area contributed by atoms with Crippen LogP contribution >= 0.6 is 0 Å². The predicted molar refractivity (Wildman–Crippen MR) is 149 cm³/mol. The molecular formula is C30H52N4O2. The number of nitrogens with one attached hydrogen (secondary N) is 1. The molecule has 1 aromatic rings. The Balaban J connectivity index is 1.44. The predicted octanol–water partition coefficient (Wildman–Crippen LogP) is 7.22. The van der Waals surface area contributed by atoms with Crippen LogP contribution < -0.4 is 5.32 Å². The van der Waals surface area contributed by atoms with Crippen LogP contribution in [0.1, 0.15) is 140 Å². The van der Waals surface area contributed by atoms with E-state index in [4.69, 9.17) is 0 Å². The third-order valence-electron chi connectivity index (χ3n) is 7.21. The van der Waals surface area contributed by atoms with Gasteiger partial charge in [0, 0.05) is 37.8 Å². The van der Waals surface area contributed by atoms with Crippen molar-refractivity contribution < 1.29 is 9.59 Å². The summed E-state index contributed by atoms with van der Waals surface area (Å²) in [4.78, 5) is 27.0. The van der Waals surface area contributed by atoms with Gasteiger partial charge in [0.15, 0.2) is 0 Å². The fourth-order valence-electron chi connectivity index (χ4n) is 4.78. The summed E-state index contributed by atoms with van der Waals surface area (Å²) in [6.07, 6.45) is 25.4. The molecule has 0 radical (unpaired) electrons. The SMILES string of the molecule is CCCCCCCC/C=C\CCCCCCCC(=O)N1CCC(NC(=O)c2ccn(C(C)C)n2)CC1. The van der Waals surface area contributed by atoms with Crippen LogP contribution in [-0.2, 0) is 4.79 Å². The molecule has 6 nitrogen and oxygen atoms in total. The van der Waals surface area contributed by atoms with Gasteiger partial charge in [0.25, 0.3) is 5.91 Å². The van der Waals surface area contributed by atoms with Crippen molar-refractivity contribution in [1.29, 1.82) is 0 Å². The second-order valence-electron chi connectivity index (χ2n) is 10.7. The Morgan fingerprint density at radius 1 is 0.944 bits per heavy atom. The van der Waals surface area contributed by atoms with E-state index < -0.39 is 0 Å². The van der Waals surface area contributed by atoms with Crippen molar-refractivity contribution in [2.45, 2.75) is 136 Å². The summed E-state index contributed by atoms with van der Waals surface area (Å²) in [5.41, 5.74) is 0.464. The van der Waals surface area contributed by atoms with Gasteiger partial charge in [0.05, 0.1) is 0 Å². The Morgan fingerprint density at radius 2 is 1.53 bits per heavy atom. The number of carbonyl (C=O) groups excluding carboxylic acids is 2. The highest BCUT2D eigenvalue weighted by molar-refractivity contribution is 5.92. The Labute approximate surface area is 220 Å². The number of piperidine rings is 1. The summed E-state index contributed by atoms with van der Waals surface area (Å²) < 4.78 is 1.80. The summed E-state index contributed by atoms with van der Waals surface area (Å²) in [7, 11) is 0. The van der Waals surface area contributed by atoms with Crippen molar-refractivity contribution in [2.75, 3.05) is 13.1 Å². The smallest absolute Gasteiger partial charge is 0.271 e. The molecule has 1 aliphatic rings. The van der Waals surface area contributed by atoms with Crippen LogP contribution in [0.3, 0.4) is 0 Å². The maximum absolute atomic E-state index is 12.6. The first kappa shape index (κ1) is 30.1. The van der Waals surface area contributed by atoms with Crippen molar-refractivity contribution in [2.24, 2.45) is 0 Å². The lowest BCUT2D eigenvalue weighted by atomic mass is 10.0. The lowest BCUT2D eigenvalue weighted by Crippen LogP contribution is -2.46. The highest BCUT2D eigenvalue weighted by atomic mass is 16.2. The fourth-order valence-corrected chi connectivity index (χ4v) is 4.78. The van der Waals surface area contributed by atoms with Gasteiger partial charge in [-0.05, 0) is 64.9 Å². The van der Waals surface area contributed by atoms with Crippen LogP contribution in [0.2, 0.25) is 0 Å². The van der Waals surface area contributed by atoms with Gasteiger partial charge >= 0.3 is 0 Å². The first-order valence-corrected chi connectivity index (χ1v) is 14.8. The Morgan fingerprint density at radius 3 is 2.11 bits per heavy atom. The van der Waals surface area contributed by atoms with Crippen molar-refractivity contribution in [3.63, 3.8) is 0 Å². The maximum Gasteiger partial charge on any atom is 0.271 e. The van der Waals surface area contributed by atoms with E-state index in [1.54, 1.807) is 10.7 Å². The van der Waals surface area contributed by atoms with Gasteiger partial charge in [-0.25, -0.2) is 0 Å². The van der Waals surface area contributed by atoms with E-state index in [0.717, 1.165) is 38.8 Å². The summed E-state index contributed by atoms with van der Waals surface area (Å²) in [5.74, 6) is 0.153. The molecule has 0 bridgehead atoms. The number of likely N-dealkylation sites (tertiary alicyclic amines) is 1. The van der Waals surface area contributed by atoms with E-state index in [1.165, 1.54) is 70.6 Å². The topological polar surface area (TPSA) is 67.2 Å². The Hall–Kier alpha value is -2.11. The molecule has 1 fully saturated rings. The summed E-state index contributed by atoms with van der Waals surface area (Å²) >= 11 is 0. The van der Waals surface area contributed by atoms with Gasteiger partial charge in [-0.2, -0.15) is 5.10 Å². The Kier molecular flexibility index (Phi) is 15.2. The average molecular weight is 501 g/mol. The van der Waals surface area contributed by atoms with Gasteiger partial charge in [-0.15, -0.1) is 0 Å². The van der Waals surface area contributed by atoms with Crippen molar-refractivity contribution in [1.82, 2.24) is 20.0 Å². The van der Waals surface area contributed by atoms with Gasteiger partial charge < -0.3 is 10.2 Å². The van der Waals surface area contributed by atoms with Crippen LogP contribution in [0.25, 0.3) is 0 Å². The molecule has 6 heteroatoms. The molecule has 0 aromatic carbocycles. The van der Waals surface area contributed by atoms with E-state index in [0.29, 0.717) is 12.1 Å². The second-order valence-corrected chi connectivity index (χ2v) is 10.7. The molecular weight excluding hydrogens is 448 g/mol. The zero-order chi connectivity index (χ0) is 26.0. The number of nitrogens with zero attached hydrogens (tertiary/aromatic N) is 3. The molecule has 0 unspecified atom stereocenters. The van der Waals surface area contributed by atoms with Crippen molar-refractivity contribution in [3.8, 4) is 0 Å². The molecule has 1 aliphatic heterocycles. The number of hydrogen-bond acceptors (Lipinski definition) is 3. The molecule has 36 heavy (non-hydrogen) atoms. The molecule has 204 valence electrons. The van der Waals surface area contributed by atoms with Crippen LogP contribution in [0.4, 0.5) is 0 Å². The maximum atomic E-state index is 12.6. The summed E-state index contributed by atoms with van der Waals surface area (Å²) in [6.45, 7) is 7.81. The molecule has 0 spiro atoms. The number of aromatic nitrogens is 2. The highest BCUT2D eigenvalue weighted by Gasteiger charge is 2.24. The van der Waals surface area contributed by atoms with E-state index >= 15 is 0 Å². The summed E-state index contributed by atoms with van der Waals surface area (Å²) in [5, 5.41) is 7.43. The van der Waals surface area contributed by atoms with E-state index in [2.05, 4.69) is 29.5 Å².